The maximum atomic E-state index is 13.0. The molecule has 3 rings (SSSR count). The Bertz CT molecular complexity index is 868. The number of rotatable bonds is 6. The Morgan fingerprint density at radius 3 is 2.35 bits per heavy atom. The summed E-state index contributed by atoms with van der Waals surface area (Å²) >= 11 is 0. The van der Waals surface area contributed by atoms with Gasteiger partial charge in [0.15, 0.2) is 5.76 Å². The van der Waals surface area contributed by atoms with Gasteiger partial charge in [-0.05, 0) is 74.6 Å². The van der Waals surface area contributed by atoms with Gasteiger partial charge < -0.3 is 14.6 Å². The summed E-state index contributed by atoms with van der Waals surface area (Å²) in [5.41, 5.74) is 2.65. The van der Waals surface area contributed by atoms with Gasteiger partial charge in [0.05, 0.1) is 0 Å². The van der Waals surface area contributed by atoms with Crippen molar-refractivity contribution in [2.75, 3.05) is 26.0 Å². The second kappa shape index (κ2) is 7.97. The summed E-state index contributed by atoms with van der Waals surface area (Å²) in [6, 6.07) is 17.0. The van der Waals surface area contributed by atoms with Gasteiger partial charge in [-0.25, -0.2) is 4.39 Å². The molecule has 0 radical (unpaired) electrons. The molecule has 0 atom stereocenters. The monoisotopic (exact) mass is 352 g/mol. The van der Waals surface area contributed by atoms with Crippen LogP contribution in [0.1, 0.15) is 16.1 Å². The standard InChI is InChI=1S/C21H21FN2O2/c1-24(2)14-13-15-3-9-18(10-4-15)23-21(25)20-12-11-19(26-20)16-5-7-17(22)8-6-16/h3-12H,13-14H2,1-2H3,(H,23,25). The fourth-order valence-electron chi connectivity index (χ4n) is 2.53. The van der Waals surface area contributed by atoms with Crippen molar-refractivity contribution in [2.45, 2.75) is 6.42 Å². The number of amides is 1. The molecule has 0 fully saturated rings. The minimum absolute atomic E-state index is 0.209. The summed E-state index contributed by atoms with van der Waals surface area (Å²) in [6.45, 7) is 0.976. The summed E-state index contributed by atoms with van der Waals surface area (Å²) < 4.78 is 18.6. The van der Waals surface area contributed by atoms with Crippen molar-refractivity contribution in [1.29, 1.82) is 0 Å². The third kappa shape index (κ3) is 4.58. The number of halogens is 1. The molecular weight excluding hydrogens is 331 g/mol. The van der Waals surface area contributed by atoms with Crippen molar-refractivity contribution in [1.82, 2.24) is 4.90 Å². The van der Waals surface area contributed by atoms with Crippen molar-refractivity contribution < 1.29 is 13.6 Å². The van der Waals surface area contributed by atoms with E-state index >= 15 is 0 Å². The predicted octanol–water partition coefficient (Wildman–Crippen LogP) is 4.44. The minimum Gasteiger partial charge on any atom is -0.451 e. The highest BCUT2D eigenvalue weighted by atomic mass is 19.1. The van der Waals surface area contributed by atoms with Crippen molar-refractivity contribution in [3.63, 3.8) is 0 Å². The number of carbonyl (C=O) groups excluding carboxylic acids is 1. The van der Waals surface area contributed by atoms with E-state index in [-0.39, 0.29) is 17.5 Å². The number of hydrogen-bond acceptors (Lipinski definition) is 3. The van der Waals surface area contributed by atoms with Gasteiger partial charge in [-0.2, -0.15) is 0 Å². The smallest absolute Gasteiger partial charge is 0.291 e. The van der Waals surface area contributed by atoms with Crippen LogP contribution in [0.25, 0.3) is 11.3 Å². The first-order valence-corrected chi connectivity index (χ1v) is 8.42. The molecule has 0 aliphatic rings. The SMILES string of the molecule is CN(C)CCc1ccc(NC(=O)c2ccc(-c3ccc(F)cc3)o2)cc1. The molecule has 0 bridgehead atoms. The molecule has 4 nitrogen and oxygen atoms in total. The van der Waals surface area contributed by atoms with Crippen LogP contribution >= 0.6 is 0 Å². The quantitative estimate of drug-likeness (QED) is 0.713. The number of anilines is 1. The van der Waals surface area contributed by atoms with E-state index in [0.717, 1.165) is 18.5 Å². The molecule has 1 N–H and O–H groups in total. The van der Waals surface area contributed by atoms with Gasteiger partial charge in [0.2, 0.25) is 0 Å². The molecule has 1 aromatic heterocycles. The van der Waals surface area contributed by atoms with Crippen LogP contribution in [-0.4, -0.2) is 31.4 Å². The van der Waals surface area contributed by atoms with Crippen LogP contribution in [-0.2, 0) is 6.42 Å². The number of nitrogens with one attached hydrogen (secondary N) is 1. The van der Waals surface area contributed by atoms with Gasteiger partial charge in [0, 0.05) is 17.8 Å². The number of carbonyl (C=O) groups is 1. The number of furan rings is 1. The second-order valence-corrected chi connectivity index (χ2v) is 6.38. The third-order valence-electron chi connectivity index (χ3n) is 4.02. The van der Waals surface area contributed by atoms with Crippen molar-refractivity contribution in [3.8, 4) is 11.3 Å². The molecule has 3 aromatic rings. The molecule has 2 aromatic carbocycles. The Morgan fingerprint density at radius 2 is 1.69 bits per heavy atom. The van der Waals surface area contributed by atoms with E-state index in [1.807, 2.05) is 38.4 Å². The molecule has 1 amide bonds. The highest BCUT2D eigenvalue weighted by Crippen LogP contribution is 2.23. The van der Waals surface area contributed by atoms with Crippen molar-refractivity contribution in [3.05, 3.63) is 77.8 Å². The normalized spacial score (nSPS) is 10.9. The third-order valence-corrected chi connectivity index (χ3v) is 4.02. The fraction of sp³-hybridized carbons (Fsp3) is 0.190. The van der Waals surface area contributed by atoms with Gasteiger partial charge in [-0.3, -0.25) is 4.79 Å². The van der Waals surface area contributed by atoms with Crippen LogP contribution in [0.15, 0.2) is 65.1 Å². The summed E-state index contributed by atoms with van der Waals surface area (Å²) in [7, 11) is 4.08. The van der Waals surface area contributed by atoms with Crippen LogP contribution in [0.3, 0.4) is 0 Å². The first-order chi connectivity index (χ1) is 12.5. The topological polar surface area (TPSA) is 45.5 Å². The lowest BCUT2D eigenvalue weighted by Crippen LogP contribution is -2.15. The fourth-order valence-corrected chi connectivity index (χ4v) is 2.53. The van der Waals surface area contributed by atoms with Crippen LogP contribution in [0.5, 0.6) is 0 Å². The van der Waals surface area contributed by atoms with E-state index < -0.39 is 0 Å². The van der Waals surface area contributed by atoms with Crippen molar-refractivity contribution in [2.24, 2.45) is 0 Å². The molecule has 26 heavy (non-hydrogen) atoms. The van der Waals surface area contributed by atoms with Crippen LogP contribution < -0.4 is 5.32 Å². The zero-order valence-corrected chi connectivity index (χ0v) is 14.8. The van der Waals surface area contributed by atoms with Gasteiger partial charge >= 0.3 is 0 Å². The highest BCUT2D eigenvalue weighted by Gasteiger charge is 2.12. The van der Waals surface area contributed by atoms with E-state index in [2.05, 4.69) is 10.2 Å². The lowest BCUT2D eigenvalue weighted by molar-refractivity contribution is 0.0997. The van der Waals surface area contributed by atoms with Gasteiger partial charge in [-0.15, -0.1) is 0 Å². The molecule has 0 spiro atoms. The number of nitrogens with zero attached hydrogens (tertiary/aromatic N) is 1. The number of likely N-dealkylation sites (N-methyl/N-ethyl adjacent to an activating group) is 1. The summed E-state index contributed by atoms with van der Waals surface area (Å²) in [5, 5.41) is 2.82. The molecule has 0 unspecified atom stereocenters. The zero-order valence-electron chi connectivity index (χ0n) is 14.8. The summed E-state index contributed by atoms with van der Waals surface area (Å²) in [4.78, 5) is 14.5. The van der Waals surface area contributed by atoms with Crippen LogP contribution in [0, 0.1) is 5.82 Å². The van der Waals surface area contributed by atoms with Crippen molar-refractivity contribution >= 4 is 11.6 Å². The molecule has 0 saturated carbocycles. The summed E-state index contributed by atoms with van der Waals surface area (Å²) in [5.74, 6) is 0.0990. The maximum Gasteiger partial charge on any atom is 0.291 e. The van der Waals surface area contributed by atoms with Crippen LogP contribution in [0.2, 0.25) is 0 Å². The van der Waals surface area contributed by atoms with Gasteiger partial charge in [0.25, 0.3) is 5.91 Å². The average molecular weight is 352 g/mol. The van der Waals surface area contributed by atoms with E-state index in [0.29, 0.717) is 11.4 Å². The van der Waals surface area contributed by atoms with E-state index in [9.17, 15) is 9.18 Å². The molecule has 0 saturated heterocycles. The predicted molar refractivity (Wildman–Crippen MR) is 101 cm³/mol. The zero-order chi connectivity index (χ0) is 18.5. The first-order valence-electron chi connectivity index (χ1n) is 8.42. The maximum absolute atomic E-state index is 13.0. The van der Waals surface area contributed by atoms with Gasteiger partial charge in [0.1, 0.15) is 11.6 Å². The summed E-state index contributed by atoms with van der Waals surface area (Å²) in [6.07, 6.45) is 0.959. The van der Waals surface area contributed by atoms with E-state index in [1.54, 1.807) is 24.3 Å². The molecule has 0 aliphatic carbocycles. The number of hydrogen-bond donors (Lipinski definition) is 1. The molecule has 5 heteroatoms. The Morgan fingerprint density at radius 1 is 1.00 bits per heavy atom. The first kappa shape index (κ1) is 17.9. The van der Waals surface area contributed by atoms with Gasteiger partial charge in [-0.1, -0.05) is 12.1 Å². The molecule has 0 aliphatic heterocycles. The Hall–Kier alpha value is -2.92. The van der Waals surface area contributed by atoms with E-state index in [1.165, 1.54) is 17.7 Å². The minimum atomic E-state index is -0.320. The van der Waals surface area contributed by atoms with E-state index in [4.69, 9.17) is 4.42 Å². The molecular formula is C21H21FN2O2. The number of benzene rings is 2. The molecule has 1 heterocycles. The lowest BCUT2D eigenvalue weighted by atomic mass is 10.1. The lowest BCUT2D eigenvalue weighted by Gasteiger charge is -2.09. The Balaban J connectivity index is 1.64. The second-order valence-electron chi connectivity index (χ2n) is 6.38. The highest BCUT2D eigenvalue weighted by molar-refractivity contribution is 6.02. The average Bonchev–Trinajstić information content (AvgIpc) is 3.12. The molecule has 134 valence electrons. The van der Waals surface area contributed by atoms with Crippen LogP contribution in [0.4, 0.5) is 10.1 Å². The Kier molecular flexibility index (Phi) is 5.49. The largest absolute Gasteiger partial charge is 0.451 e. The Labute approximate surface area is 152 Å².